The molecule has 1 aliphatic heterocycles. The fourth-order valence-corrected chi connectivity index (χ4v) is 3.31. The molecule has 2 atom stereocenters. The zero-order valence-corrected chi connectivity index (χ0v) is 9.61. The van der Waals surface area contributed by atoms with Gasteiger partial charge in [-0.15, -0.1) is 22.0 Å². The molecular formula is C8H13N3OS2. The standard InChI is InChI=1S/C8H13N3OS2/c1-5-6(2-3-12-5)13-4-7-10-11-8(9)14-7/h5-6H,2-4H2,1H3,(H2,9,11). The maximum atomic E-state index is 5.50. The van der Waals surface area contributed by atoms with Crippen molar-refractivity contribution in [1.82, 2.24) is 10.2 Å². The number of thioether (sulfide) groups is 1. The predicted octanol–water partition coefficient (Wildman–Crippen LogP) is 1.53. The predicted molar refractivity (Wildman–Crippen MR) is 59.4 cm³/mol. The molecule has 4 nitrogen and oxygen atoms in total. The van der Waals surface area contributed by atoms with Gasteiger partial charge in [-0.25, -0.2) is 0 Å². The van der Waals surface area contributed by atoms with Crippen molar-refractivity contribution in [3.63, 3.8) is 0 Å². The average Bonchev–Trinajstić information content (AvgIpc) is 2.72. The Balaban J connectivity index is 1.82. The molecule has 6 heteroatoms. The van der Waals surface area contributed by atoms with E-state index in [1.54, 1.807) is 0 Å². The summed E-state index contributed by atoms with van der Waals surface area (Å²) in [4.78, 5) is 0. The van der Waals surface area contributed by atoms with Crippen molar-refractivity contribution in [1.29, 1.82) is 0 Å². The molecule has 1 fully saturated rings. The summed E-state index contributed by atoms with van der Waals surface area (Å²) in [6, 6.07) is 0. The van der Waals surface area contributed by atoms with E-state index in [4.69, 9.17) is 10.5 Å². The van der Waals surface area contributed by atoms with Gasteiger partial charge in [-0.05, 0) is 13.3 Å². The first-order valence-corrected chi connectivity index (χ1v) is 6.43. The summed E-state index contributed by atoms with van der Waals surface area (Å²) in [5.41, 5.74) is 5.50. The number of ether oxygens (including phenoxy) is 1. The highest BCUT2D eigenvalue weighted by Gasteiger charge is 2.24. The lowest BCUT2D eigenvalue weighted by molar-refractivity contribution is 0.127. The van der Waals surface area contributed by atoms with Crippen molar-refractivity contribution in [3.8, 4) is 0 Å². The van der Waals surface area contributed by atoms with Crippen molar-refractivity contribution in [2.45, 2.75) is 30.5 Å². The zero-order chi connectivity index (χ0) is 9.97. The summed E-state index contributed by atoms with van der Waals surface area (Å²) in [5, 5.41) is 9.92. The van der Waals surface area contributed by atoms with Gasteiger partial charge in [0.05, 0.1) is 6.10 Å². The first kappa shape index (κ1) is 10.2. The maximum Gasteiger partial charge on any atom is 0.203 e. The van der Waals surface area contributed by atoms with Crippen molar-refractivity contribution in [3.05, 3.63) is 5.01 Å². The molecule has 78 valence electrons. The second-order valence-electron chi connectivity index (χ2n) is 3.25. The SMILES string of the molecule is CC1OCCC1SCc1nnc(N)s1. The van der Waals surface area contributed by atoms with Gasteiger partial charge < -0.3 is 10.5 Å². The molecule has 14 heavy (non-hydrogen) atoms. The second kappa shape index (κ2) is 4.46. The van der Waals surface area contributed by atoms with Crippen LogP contribution in [-0.4, -0.2) is 28.2 Å². The zero-order valence-electron chi connectivity index (χ0n) is 7.97. The number of hydrogen-bond donors (Lipinski definition) is 1. The molecule has 0 aliphatic carbocycles. The van der Waals surface area contributed by atoms with Gasteiger partial charge in [0, 0.05) is 17.6 Å². The van der Waals surface area contributed by atoms with Gasteiger partial charge in [0.1, 0.15) is 5.01 Å². The summed E-state index contributed by atoms with van der Waals surface area (Å²) >= 11 is 3.35. The van der Waals surface area contributed by atoms with Crippen LogP contribution in [0.5, 0.6) is 0 Å². The molecule has 0 aromatic carbocycles. The smallest absolute Gasteiger partial charge is 0.203 e. The van der Waals surface area contributed by atoms with E-state index in [0.29, 0.717) is 16.5 Å². The fraction of sp³-hybridized carbons (Fsp3) is 0.750. The Morgan fingerprint density at radius 3 is 3.07 bits per heavy atom. The molecule has 0 amide bonds. The van der Waals surface area contributed by atoms with Gasteiger partial charge in [0.15, 0.2) is 0 Å². The van der Waals surface area contributed by atoms with Crippen molar-refractivity contribution < 1.29 is 4.74 Å². The number of hydrogen-bond acceptors (Lipinski definition) is 6. The van der Waals surface area contributed by atoms with Gasteiger partial charge in [0.2, 0.25) is 5.13 Å². The van der Waals surface area contributed by atoms with Crippen LogP contribution in [-0.2, 0) is 10.5 Å². The number of nitrogen functional groups attached to an aromatic ring is 1. The Labute approximate surface area is 91.2 Å². The van der Waals surface area contributed by atoms with E-state index in [-0.39, 0.29) is 0 Å². The Morgan fingerprint density at radius 1 is 1.64 bits per heavy atom. The van der Waals surface area contributed by atoms with E-state index in [1.165, 1.54) is 11.3 Å². The summed E-state index contributed by atoms with van der Waals surface area (Å²) in [7, 11) is 0. The molecule has 1 saturated heterocycles. The fourth-order valence-electron chi connectivity index (χ4n) is 1.43. The van der Waals surface area contributed by atoms with Crippen LogP contribution < -0.4 is 5.73 Å². The van der Waals surface area contributed by atoms with Crippen LogP contribution in [0.4, 0.5) is 5.13 Å². The normalized spacial score (nSPS) is 26.9. The Hall–Kier alpha value is -0.330. The Kier molecular flexibility index (Phi) is 3.25. The molecule has 0 spiro atoms. The van der Waals surface area contributed by atoms with Crippen LogP contribution in [0.3, 0.4) is 0 Å². The van der Waals surface area contributed by atoms with Crippen LogP contribution in [0.25, 0.3) is 0 Å². The lowest BCUT2D eigenvalue weighted by atomic mass is 10.3. The topological polar surface area (TPSA) is 61.0 Å². The summed E-state index contributed by atoms with van der Waals surface area (Å²) < 4.78 is 5.48. The van der Waals surface area contributed by atoms with E-state index in [0.717, 1.165) is 23.8 Å². The van der Waals surface area contributed by atoms with E-state index in [1.807, 2.05) is 11.8 Å². The minimum Gasteiger partial charge on any atom is -0.377 e. The monoisotopic (exact) mass is 231 g/mol. The molecule has 0 radical (unpaired) electrons. The summed E-state index contributed by atoms with van der Waals surface area (Å²) in [6.07, 6.45) is 1.50. The third-order valence-corrected chi connectivity index (χ3v) is 4.63. The highest BCUT2D eigenvalue weighted by molar-refractivity contribution is 7.99. The number of nitrogens with two attached hydrogens (primary N) is 1. The Morgan fingerprint density at radius 2 is 2.50 bits per heavy atom. The number of nitrogens with zero attached hydrogens (tertiary/aromatic N) is 2. The van der Waals surface area contributed by atoms with Crippen molar-refractivity contribution in [2.75, 3.05) is 12.3 Å². The molecule has 0 bridgehead atoms. The van der Waals surface area contributed by atoms with E-state index < -0.39 is 0 Å². The van der Waals surface area contributed by atoms with Gasteiger partial charge in [-0.2, -0.15) is 0 Å². The summed E-state index contributed by atoms with van der Waals surface area (Å²) in [6.45, 7) is 3.01. The van der Waals surface area contributed by atoms with Crippen LogP contribution in [0.15, 0.2) is 0 Å². The van der Waals surface area contributed by atoms with Crippen molar-refractivity contribution >= 4 is 28.2 Å². The lowest BCUT2D eigenvalue weighted by Gasteiger charge is -2.11. The largest absolute Gasteiger partial charge is 0.377 e. The maximum absolute atomic E-state index is 5.50. The quantitative estimate of drug-likeness (QED) is 0.855. The van der Waals surface area contributed by atoms with Gasteiger partial charge in [-0.1, -0.05) is 11.3 Å². The van der Waals surface area contributed by atoms with Crippen LogP contribution in [0.2, 0.25) is 0 Å². The molecule has 1 aliphatic rings. The van der Waals surface area contributed by atoms with E-state index in [2.05, 4.69) is 17.1 Å². The molecule has 0 saturated carbocycles. The van der Waals surface area contributed by atoms with Gasteiger partial charge in [-0.3, -0.25) is 0 Å². The third kappa shape index (κ3) is 2.37. The number of anilines is 1. The summed E-state index contributed by atoms with van der Waals surface area (Å²) in [5.74, 6) is 0.896. The van der Waals surface area contributed by atoms with E-state index in [9.17, 15) is 0 Å². The highest BCUT2D eigenvalue weighted by Crippen LogP contribution is 2.29. The first-order valence-electron chi connectivity index (χ1n) is 4.57. The van der Waals surface area contributed by atoms with Crippen LogP contribution in [0.1, 0.15) is 18.4 Å². The molecule has 2 unspecified atom stereocenters. The molecule has 2 rings (SSSR count). The molecule has 2 N–H and O–H groups in total. The van der Waals surface area contributed by atoms with E-state index >= 15 is 0 Å². The Bertz CT molecular complexity index is 305. The molecule has 1 aromatic rings. The van der Waals surface area contributed by atoms with Gasteiger partial charge in [0.25, 0.3) is 0 Å². The van der Waals surface area contributed by atoms with Crippen LogP contribution >= 0.6 is 23.1 Å². The molecule has 2 heterocycles. The third-order valence-electron chi connectivity index (χ3n) is 2.21. The molecular weight excluding hydrogens is 218 g/mol. The van der Waals surface area contributed by atoms with Crippen LogP contribution in [0, 0.1) is 0 Å². The highest BCUT2D eigenvalue weighted by atomic mass is 32.2. The second-order valence-corrected chi connectivity index (χ2v) is 5.57. The average molecular weight is 231 g/mol. The number of rotatable bonds is 3. The minimum absolute atomic E-state index is 0.366. The van der Waals surface area contributed by atoms with Gasteiger partial charge >= 0.3 is 0 Å². The lowest BCUT2D eigenvalue weighted by Crippen LogP contribution is -2.13. The number of aromatic nitrogens is 2. The first-order chi connectivity index (χ1) is 6.75. The van der Waals surface area contributed by atoms with Crippen molar-refractivity contribution in [2.24, 2.45) is 0 Å². The molecule has 1 aromatic heterocycles. The minimum atomic E-state index is 0.366.